The van der Waals surface area contributed by atoms with Crippen LogP contribution in [0, 0.1) is 0 Å². The zero-order valence-corrected chi connectivity index (χ0v) is 12.6. The molecule has 0 saturated heterocycles. The normalized spacial score (nSPS) is 14.4. The summed E-state index contributed by atoms with van der Waals surface area (Å²) in [6.07, 6.45) is 0.114. The molecule has 1 amide bonds. The third-order valence-corrected chi connectivity index (χ3v) is 2.58. The van der Waals surface area contributed by atoms with Crippen molar-refractivity contribution in [1.82, 2.24) is 5.32 Å². The summed E-state index contributed by atoms with van der Waals surface area (Å²) in [6.45, 7) is 7.60. The van der Waals surface area contributed by atoms with E-state index in [0.717, 1.165) is 5.56 Å². The van der Waals surface area contributed by atoms with E-state index in [0.29, 0.717) is 13.0 Å². The summed E-state index contributed by atoms with van der Waals surface area (Å²) < 4.78 is 5.16. The molecule has 0 aliphatic carbocycles. The Morgan fingerprint density at radius 3 is 2.30 bits per heavy atom. The van der Waals surface area contributed by atoms with E-state index in [-0.39, 0.29) is 5.75 Å². The van der Waals surface area contributed by atoms with Gasteiger partial charge in [-0.25, -0.2) is 4.79 Å². The molecular weight excluding hydrogens is 256 g/mol. The van der Waals surface area contributed by atoms with Gasteiger partial charge in [0.25, 0.3) is 0 Å². The topological polar surface area (TPSA) is 84.6 Å². The maximum Gasteiger partial charge on any atom is 0.407 e. The number of phenolic OH excluding ortho intramolecular Hbond substituents is 1. The maximum atomic E-state index is 11.6. The standard InChI is InChI=1S/C15H24N2O3/c1-14(2,3)20-13(19)17-10-15(4,16)9-11-5-7-12(18)8-6-11/h5-8,18H,9-10,16H2,1-4H3,(H,17,19). The molecule has 20 heavy (non-hydrogen) atoms. The number of carbonyl (C=O) groups is 1. The molecule has 1 aromatic carbocycles. The van der Waals surface area contributed by atoms with E-state index in [2.05, 4.69) is 5.32 Å². The molecule has 0 aliphatic rings. The molecule has 0 fully saturated rings. The van der Waals surface area contributed by atoms with Gasteiger partial charge in [-0.2, -0.15) is 0 Å². The van der Waals surface area contributed by atoms with E-state index in [4.69, 9.17) is 10.5 Å². The number of nitrogens with one attached hydrogen (secondary N) is 1. The zero-order chi connectivity index (χ0) is 15.4. The minimum atomic E-state index is -0.589. The number of rotatable bonds is 4. The first kappa shape index (κ1) is 16.3. The number of hydrogen-bond donors (Lipinski definition) is 3. The molecular formula is C15H24N2O3. The van der Waals surface area contributed by atoms with Crippen molar-refractivity contribution in [3.8, 4) is 5.75 Å². The van der Waals surface area contributed by atoms with Crippen molar-refractivity contribution in [2.45, 2.75) is 45.3 Å². The minimum Gasteiger partial charge on any atom is -0.508 e. The first-order valence-corrected chi connectivity index (χ1v) is 6.61. The lowest BCUT2D eigenvalue weighted by molar-refractivity contribution is 0.0516. The fourth-order valence-electron chi connectivity index (χ4n) is 1.73. The summed E-state index contributed by atoms with van der Waals surface area (Å²) in [5, 5.41) is 11.9. The summed E-state index contributed by atoms with van der Waals surface area (Å²) in [5.74, 6) is 0.222. The lowest BCUT2D eigenvalue weighted by atomic mass is 9.94. The number of nitrogens with two attached hydrogens (primary N) is 1. The number of phenols is 1. The van der Waals surface area contributed by atoms with Crippen molar-refractivity contribution in [1.29, 1.82) is 0 Å². The number of alkyl carbamates (subject to hydrolysis) is 1. The van der Waals surface area contributed by atoms with Crippen molar-refractivity contribution >= 4 is 6.09 Å². The molecule has 0 heterocycles. The fraction of sp³-hybridized carbons (Fsp3) is 0.533. The van der Waals surface area contributed by atoms with Crippen LogP contribution in [-0.4, -0.2) is 28.9 Å². The Hall–Kier alpha value is -1.75. The molecule has 1 atom stereocenters. The maximum absolute atomic E-state index is 11.6. The van der Waals surface area contributed by atoms with E-state index < -0.39 is 17.2 Å². The van der Waals surface area contributed by atoms with Crippen molar-refractivity contribution < 1.29 is 14.6 Å². The largest absolute Gasteiger partial charge is 0.508 e. The third kappa shape index (κ3) is 6.43. The van der Waals surface area contributed by atoms with E-state index in [1.807, 2.05) is 39.8 Å². The van der Waals surface area contributed by atoms with Crippen LogP contribution in [0.15, 0.2) is 24.3 Å². The monoisotopic (exact) mass is 280 g/mol. The average Bonchev–Trinajstić information content (AvgIpc) is 2.27. The van der Waals surface area contributed by atoms with Crippen LogP contribution in [0.3, 0.4) is 0 Å². The molecule has 0 radical (unpaired) electrons. The Bertz CT molecular complexity index is 447. The Morgan fingerprint density at radius 1 is 1.25 bits per heavy atom. The smallest absolute Gasteiger partial charge is 0.407 e. The Balaban J connectivity index is 2.49. The highest BCUT2D eigenvalue weighted by atomic mass is 16.6. The number of hydrogen-bond acceptors (Lipinski definition) is 4. The lowest BCUT2D eigenvalue weighted by Crippen LogP contribution is -2.50. The van der Waals surface area contributed by atoms with E-state index in [1.54, 1.807) is 12.1 Å². The number of ether oxygens (including phenoxy) is 1. The quantitative estimate of drug-likeness (QED) is 0.789. The average molecular weight is 280 g/mol. The predicted molar refractivity (Wildman–Crippen MR) is 78.6 cm³/mol. The van der Waals surface area contributed by atoms with Gasteiger partial charge >= 0.3 is 6.09 Å². The molecule has 0 bridgehead atoms. The Kier molecular flexibility index (Phi) is 5.00. The molecule has 1 aromatic rings. The van der Waals surface area contributed by atoms with Gasteiger partial charge < -0.3 is 20.9 Å². The molecule has 112 valence electrons. The molecule has 4 N–H and O–H groups in total. The summed E-state index contributed by atoms with van der Waals surface area (Å²) in [4.78, 5) is 11.6. The molecule has 5 heteroatoms. The van der Waals surface area contributed by atoms with Crippen LogP contribution in [0.4, 0.5) is 4.79 Å². The van der Waals surface area contributed by atoms with Gasteiger partial charge in [-0.05, 0) is 51.8 Å². The lowest BCUT2D eigenvalue weighted by Gasteiger charge is -2.26. The predicted octanol–water partition coefficient (Wildman–Crippen LogP) is 2.18. The second kappa shape index (κ2) is 6.13. The van der Waals surface area contributed by atoms with Gasteiger partial charge in [0.2, 0.25) is 0 Å². The summed E-state index contributed by atoms with van der Waals surface area (Å²) in [5.41, 5.74) is 6.05. The fourth-order valence-corrected chi connectivity index (χ4v) is 1.73. The summed E-state index contributed by atoms with van der Waals surface area (Å²) in [6, 6.07) is 6.86. The highest BCUT2D eigenvalue weighted by Gasteiger charge is 2.22. The Labute approximate surface area is 120 Å². The summed E-state index contributed by atoms with van der Waals surface area (Å²) >= 11 is 0. The van der Waals surface area contributed by atoms with Crippen LogP contribution in [0.2, 0.25) is 0 Å². The van der Waals surface area contributed by atoms with Crippen LogP contribution in [0.25, 0.3) is 0 Å². The van der Waals surface area contributed by atoms with Gasteiger partial charge in [0, 0.05) is 12.1 Å². The van der Waals surface area contributed by atoms with Crippen LogP contribution in [0.1, 0.15) is 33.3 Å². The van der Waals surface area contributed by atoms with Gasteiger partial charge in [-0.1, -0.05) is 12.1 Å². The van der Waals surface area contributed by atoms with Gasteiger partial charge in [-0.3, -0.25) is 0 Å². The number of benzene rings is 1. The Morgan fingerprint density at radius 2 is 1.80 bits per heavy atom. The number of amides is 1. The highest BCUT2D eigenvalue weighted by Crippen LogP contribution is 2.14. The first-order chi connectivity index (χ1) is 9.07. The minimum absolute atomic E-state index is 0.222. The molecule has 0 saturated carbocycles. The number of aromatic hydroxyl groups is 1. The van der Waals surface area contributed by atoms with E-state index >= 15 is 0 Å². The van der Waals surface area contributed by atoms with Gasteiger partial charge in [-0.15, -0.1) is 0 Å². The highest BCUT2D eigenvalue weighted by molar-refractivity contribution is 5.67. The molecule has 0 aliphatic heterocycles. The second-order valence-corrected chi connectivity index (χ2v) is 6.35. The second-order valence-electron chi connectivity index (χ2n) is 6.35. The van der Waals surface area contributed by atoms with E-state index in [9.17, 15) is 9.90 Å². The molecule has 0 spiro atoms. The molecule has 1 unspecified atom stereocenters. The van der Waals surface area contributed by atoms with Gasteiger partial charge in [0.15, 0.2) is 0 Å². The first-order valence-electron chi connectivity index (χ1n) is 6.61. The van der Waals surface area contributed by atoms with Gasteiger partial charge in [0.1, 0.15) is 11.4 Å². The van der Waals surface area contributed by atoms with Crippen LogP contribution < -0.4 is 11.1 Å². The van der Waals surface area contributed by atoms with E-state index in [1.165, 1.54) is 0 Å². The van der Waals surface area contributed by atoms with Crippen molar-refractivity contribution in [3.63, 3.8) is 0 Å². The molecule has 5 nitrogen and oxygen atoms in total. The van der Waals surface area contributed by atoms with Crippen LogP contribution in [0.5, 0.6) is 5.75 Å². The number of carbonyl (C=O) groups excluding carboxylic acids is 1. The molecule has 0 aromatic heterocycles. The van der Waals surface area contributed by atoms with Crippen LogP contribution >= 0.6 is 0 Å². The van der Waals surface area contributed by atoms with Crippen molar-refractivity contribution in [2.24, 2.45) is 5.73 Å². The van der Waals surface area contributed by atoms with Crippen molar-refractivity contribution in [2.75, 3.05) is 6.54 Å². The van der Waals surface area contributed by atoms with Crippen molar-refractivity contribution in [3.05, 3.63) is 29.8 Å². The van der Waals surface area contributed by atoms with Gasteiger partial charge in [0.05, 0.1) is 0 Å². The zero-order valence-electron chi connectivity index (χ0n) is 12.6. The third-order valence-electron chi connectivity index (χ3n) is 2.58. The SMILES string of the molecule is CC(N)(CNC(=O)OC(C)(C)C)Cc1ccc(O)cc1. The molecule has 1 rings (SSSR count). The van der Waals surface area contributed by atoms with Crippen LogP contribution in [-0.2, 0) is 11.2 Å². The summed E-state index contributed by atoms with van der Waals surface area (Å²) in [7, 11) is 0.